The molecule has 0 atom stereocenters. The highest BCUT2D eigenvalue weighted by Gasteiger charge is 2.24. The Balaban J connectivity index is 1.04. The number of hydrogen-bond acceptors (Lipinski definition) is 5. The molecule has 6 nitrogen and oxygen atoms in total. The first-order valence-electron chi connectivity index (χ1n) is 23.2. The molecule has 0 saturated carbocycles. The molecule has 10 aromatic carbocycles. The predicted octanol–water partition coefficient (Wildman–Crippen LogP) is 16.8. The van der Waals surface area contributed by atoms with Crippen LogP contribution in [0.1, 0.15) is 0 Å². The van der Waals surface area contributed by atoms with Crippen molar-refractivity contribution in [2.75, 3.05) is 0 Å². The second-order valence-corrected chi connectivity index (χ2v) is 17.5. The largest absolute Gasteiger partial charge is 0.456 e. The molecule has 14 rings (SSSR count). The van der Waals surface area contributed by atoms with Crippen LogP contribution in [0.3, 0.4) is 0 Å². The van der Waals surface area contributed by atoms with Gasteiger partial charge in [0, 0.05) is 60.1 Å². The summed E-state index contributed by atoms with van der Waals surface area (Å²) in [5, 5.41) is 6.58. The summed E-state index contributed by atoms with van der Waals surface area (Å²) in [6, 6.07) is 80.7. The van der Waals surface area contributed by atoms with Crippen LogP contribution in [0.2, 0.25) is 0 Å². The van der Waals surface area contributed by atoms with Crippen molar-refractivity contribution < 1.29 is 8.83 Å². The van der Waals surface area contributed by atoms with Crippen LogP contribution in [-0.4, -0.2) is 19.5 Å². The third kappa shape index (κ3) is 6.45. The normalized spacial score (nSPS) is 11.8. The van der Waals surface area contributed by atoms with Crippen LogP contribution in [0.5, 0.6) is 0 Å². The molecule has 4 heterocycles. The van der Waals surface area contributed by atoms with Crippen LogP contribution < -0.4 is 0 Å². The quantitative estimate of drug-likeness (QED) is 0.159. The van der Waals surface area contributed by atoms with Crippen molar-refractivity contribution in [2.24, 2.45) is 0 Å². The van der Waals surface area contributed by atoms with Crippen LogP contribution >= 0.6 is 0 Å². The molecule has 322 valence electrons. The van der Waals surface area contributed by atoms with E-state index in [-0.39, 0.29) is 0 Å². The average molecular weight is 883 g/mol. The van der Waals surface area contributed by atoms with Crippen molar-refractivity contribution in [1.82, 2.24) is 19.5 Å². The van der Waals surface area contributed by atoms with Gasteiger partial charge in [-0.2, -0.15) is 0 Å². The summed E-state index contributed by atoms with van der Waals surface area (Å²) in [6.45, 7) is 0. The van der Waals surface area contributed by atoms with E-state index in [1.54, 1.807) is 0 Å². The molecule has 0 radical (unpaired) electrons. The minimum Gasteiger partial charge on any atom is -0.456 e. The van der Waals surface area contributed by atoms with Crippen molar-refractivity contribution >= 4 is 65.7 Å². The van der Waals surface area contributed by atoms with Crippen molar-refractivity contribution in [3.05, 3.63) is 231 Å². The monoisotopic (exact) mass is 882 g/mol. The highest BCUT2D eigenvalue weighted by molar-refractivity contribution is 6.12. The molecule has 14 aromatic rings. The summed E-state index contributed by atoms with van der Waals surface area (Å²) in [4.78, 5) is 16.0. The standard InChI is InChI=1S/C63H38N4O2/c1-4-16-39(17-5-1)42-30-33-55-53(34-42)46-22-10-13-25-54(46)67(55)60-51(40-18-6-2-7-19-40)35-45(36-52(60)41-20-8-3-9-21-41)63-65-61(43-28-31-49-47-23-11-14-26-56(47)68-58(49)37-43)64-62(66-63)44-29-32-50-48-24-12-15-27-57(48)69-59(50)38-44/h1-38H. The zero-order chi connectivity index (χ0) is 45.4. The Hall–Kier alpha value is -9.39. The lowest BCUT2D eigenvalue weighted by Gasteiger charge is -2.21. The SMILES string of the molecule is c1ccc(-c2ccc3c(c2)c2ccccc2n3-c2c(-c3ccccc3)cc(-c3nc(-c4ccc5c(c4)oc4ccccc45)nc(-c4ccc5c(c4)oc4ccccc45)n3)cc2-c2ccccc2)cc1. The molecule has 6 heteroatoms. The van der Waals surface area contributed by atoms with E-state index < -0.39 is 0 Å². The molecule has 0 fully saturated rings. The first-order chi connectivity index (χ1) is 34.2. The van der Waals surface area contributed by atoms with Gasteiger partial charge in [0.15, 0.2) is 17.5 Å². The Morgan fingerprint density at radius 2 is 0.681 bits per heavy atom. The summed E-state index contributed by atoms with van der Waals surface area (Å²) in [6.07, 6.45) is 0. The van der Waals surface area contributed by atoms with Crippen LogP contribution in [0.15, 0.2) is 239 Å². The molecular formula is C63H38N4O2. The van der Waals surface area contributed by atoms with E-state index in [9.17, 15) is 0 Å². The van der Waals surface area contributed by atoms with E-state index in [2.05, 4.69) is 187 Å². The minimum absolute atomic E-state index is 0.533. The van der Waals surface area contributed by atoms with Crippen LogP contribution in [-0.2, 0) is 0 Å². The highest BCUT2D eigenvalue weighted by atomic mass is 16.3. The van der Waals surface area contributed by atoms with Gasteiger partial charge in [0.05, 0.1) is 16.7 Å². The fourth-order valence-electron chi connectivity index (χ4n) is 10.2. The van der Waals surface area contributed by atoms with Gasteiger partial charge in [-0.15, -0.1) is 0 Å². The molecule has 0 N–H and O–H groups in total. The van der Waals surface area contributed by atoms with Gasteiger partial charge in [0.1, 0.15) is 22.3 Å². The smallest absolute Gasteiger partial charge is 0.164 e. The van der Waals surface area contributed by atoms with E-state index in [1.807, 2.05) is 48.5 Å². The van der Waals surface area contributed by atoms with E-state index >= 15 is 0 Å². The third-order valence-corrected chi connectivity index (χ3v) is 13.5. The zero-order valence-corrected chi connectivity index (χ0v) is 37.0. The van der Waals surface area contributed by atoms with Gasteiger partial charge in [-0.1, -0.05) is 164 Å². The molecule has 0 spiro atoms. The molecule has 0 aliphatic carbocycles. The molecular weight excluding hydrogens is 845 g/mol. The fraction of sp³-hybridized carbons (Fsp3) is 0. The van der Waals surface area contributed by atoms with E-state index in [0.717, 1.165) is 99.5 Å². The molecule has 0 aliphatic rings. The van der Waals surface area contributed by atoms with E-state index in [1.165, 1.54) is 21.9 Å². The molecule has 4 aromatic heterocycles. The second kappa shape index (κ2) is 15.6. The maximum atomic E-state index is 6.40. The van der Waals surface area contributed by atoms with Gasteiger partial charge in [0.2, 0.25) is 0 Å². The van der Waals surface area contributed by atoms with E-state index in [4.69, 9.17) is 23.8 Å². The second-order valence-electron chi connectivity index (χ2n) is 17.5. The number of rotatable bonds is 7. The number of benzene rings is 10. The van der Waals surface area contributed by atoms with Gasteiger partial charge >= 0.3 is 0 Å². The Bertz CT molecular complexity index is 4110. The topological polar surface area (TPSA) is 69.9 Å². The Morgan fingerprint density at radius 1 is 0.261 bits per heavy atom. The Morgan fingerprint density at radius 3 is 1.23 bits per heavy atom. The summed E-state index contributed by atoms with van der Waals surface area (Å²) < 4.78 is 15.3. The maximum Gasteiger partial charge on any atom is 0.164 e. The van der Waals surface area contributed by atoms with Gasteiger partial charge in [0.25, 0.3) is 0 Å². The number of hydrogen-bond donors (Lipinski definition) is 0. The molecule has 0 amide bonds. The molecule has 0 saturated heterocycles. The fourth-order valence-corrected chi connectivity index (χ4v) is 10.2. The number of para-hydroxylation sites is 3. The van der Waals surface area contributed by atoms with Crippen molar-refractivity contribution in [1.29, 1.82) is 0 Å². The van der Waals surface area contributed by atoms with Gasteiger partial charge < -0.3 is 13.4 Å². The lowest BCUT2D eigenvalue weighted by Crippen LogP contribution is -2.04. The number of fused-ring (bicyclic) bond motifs is 9. The minimum atomic E-state index is 0.533. The van der Waals surface area contributed by atoms with Crippen molar-refractivity contribution in [2.45, 2.75) is 0 Å². The number of nitrogens with zero attached hydrogens (tertiary/aromatic N) is 4. The van der Waals surface area contributed by atoms with Crippen molar-refractivity contribution in [3.63, 3.8) is 0 Å². The van der Waals surface area contributed by atoms with E-state index in [0.29, 0.717) is 17.5 Å². The summed E-state index contributed by atoms with van der Waals surface area (Å²) >= 11 is 0. The van der Waals surface area contributed by atoms with Gasteiger partial charge in [-0.05, 0) is 89.0 Å². The lowest BCUT2D eigenvalue weighted by molar-refractivity contribution is 0.668. The Labute approximate surface area is 396 Å². The maximum absolute atomic E-state index is 6.40. The van der Waals surface area contributed by atoms with Crippen LogP contribution in [0, 0.1) is 0 Å². The first-order valence-corrected chi connectivity index (χ1v) is 23.2. The van der Waals surface area contributed by atoms with Crippen LogP contribution in [0.4, 0.5) is 0 Å². The average Bonchev–Trinajstić information content (AvgIpc) is 4.10. The molecule has 0 bridgehead atoms. The summed E-state index contributed by atoms with van der Waals surface area (Å²) in [5.41, 5.74) is 15.6. The summed E-state index contributed by atoms with van der Waals surface area (Å²) in [5.74, 6) is 1.61. The number of aromatic nitrogens is 4. The van der Waals surface area contributed by atoms with Crippen molar-refractivity contribution in [3.8, 4) is 73.2 Å². The molecule has 0 aliphatic heterocycles. The number of furan rings is 2. The summed E-state index contributed by atoms with van der Waals surface area (Å²) in [7, 11) is 0. The highest BCUT2D eigenvalue weighted by Crippen LogP contribution is 2.45. The molecule has 0 unspecified atom stereocenters. The van der Waals surface area contributed by atoms with Gasteiger partial charge in [-0.25, -0.2) is 15.0 Å². The van der Waals surface area contributed by atoms with Gasteiger partial charge in [-0.3, -0.25) is 0 Å². The predicted molar refractivity (Wildman–Crippen MR) is 281 cm³/mol. The molecule has 69 heavy (non-hydrogen) atoms. The Kier molecular flexibility index (Phi) is 8.79. The zero-order valence-electron chi connectivity index (χ0n) is 37.0. The third-order valence-electron chi connectivity index (χ3n) is 13.5. The first kappa shape index (κ1) is 38.8. The lowest BCUT2D eigenvalue weighted by atomic mass is 9.92. The van der Waals surface area contributed by atoms with Crippen LogP contribution in [0.25, 0.3) is 139 Å².